The van der Waals surface area contributed by atoms with Crippen LogP contribution in [-0.4, -0.2) is 10.0 Å². The summed E-state index contributed by atoms with van der Waals surface area (Å²) in [5, 5.41) is 24.1. The smallest absolute Gasteiger partial charge is 0.271 e. The van der Waals surface area contributed by atoms with Gasteiger partial charge in [0, 0.05) is 17.8 Å². The van der Waals surface area contributed by atoms with E-state index >= 15 is 0 Å². The number of anilines is 1. The fourth-order valence-corrected chi connectivity index (χ4v) is 2.85. The molecule has 0 radical (unpaired) electrons. The van der Waals surface area contributed by atoms with E-state index in [9.17, 15) is 15.2 Å². The Hall–Kier alpha value is -2.56. The zero-order chi connectivity index (χ0) is 15.0. The van der Waals surface area contributed by atoms with Crippen molar-refractivity contribution in [2.75, 3.05) is 5.32 Å². The molecule has 0 saturated heterocycles. The molecule has 0 heterocycles. The Bertz CT molecular complexity index is 713. The van der Waals surface area contributed by atoms with Gasteiger partial charge in [0.2, 0.25) is 0 Å². The molecule has 1 unspecified atom stereocenters. The zero-order valence-electron chi connectivity index (χ0n) is 11.7. The molecule has 2 aromatic carbocycles. The molecule has 5 heteroatoms. The summed E-state index contributed by atoms with van der Waals surface area (Å²) >= 11 is 0. The number of nitrogens with zero attached hydrogens (tertiary/aromatic N) is 1. The van der Waals surface area contributed by atoms with Crippen LogP contribution in [0, 0.1) is 17.0 Å². The van der Waals surface area contributed by atoms with Gasteiger partial charge >= 0.3 is 0 Å². The summed E-state index contributed by atoms with van der Waals surface area (Å²) in [6.07, 6.45) is 1.68. The number of hydrogen-bond donors (Lipinski definition) is 2. The summed E-state index contributed by atoms with van der Waals surface area (Å²) in [4.78, 5) is 10.5. The third-order valence-corrected chi connectivity index (χ3v) is 4.01. The number of aromatic hydroxyl groups is 1. The van der Waals surface area contributed by atoms with Crippen LogP contribution in [-0.2, 0) is 6.42 Å². The van der Waals surface area contributed by atoms with Crippen LogP contribution < -0.4 is 5.32 Å². The van der Waals surface area contributed by atoms with E-state index in [-0.39, 0.29) is 16.7 Å². The van der Waals surface area contributed by atoms with Crippen molar-refractivity contribution in [1.82, 2.24) is 0 Å². The van der Waals surface area contributed by atoms with Gasteiger partial charge in [0.1, 0.15) is 5.75 Å². The lowest BCUT2D eigenvalue weighted by Gasteiger charge is -2.17. The van der Waals surface area contributed by atoms with Crippen LogP contribution in [0.1, 0.15) is 29.2 Å². The standard InChI is InChI=1S/C16H16N2O3/c1-10-5-6-11(18(20)21)9-15(10)17-14-8-7-13-12(14)3-2-4-16(13)19/h2-6,9,14,17,19H,7-8H2,1H3. The van der Waals surface area contributed by atoms with Gasteiger partial charge in [-0.3, -0.25) is 10.1 Å². The first-order chi connectivity index (χ1) is 10.1. The molecule has 3 rings (SSSR count). The average Bonchev–Trinajstić information content (AvgIpc) is 2.86. The molecule has 5 nitrogen and oxygen atoms in total. The number of hydrogen-bond acceptors (Lipinski definition) is 4. The van der Waals surface area contributed by atoms with Crippen LogP contribution in [0.5, 0.6) is 5.75 Å². The second kappa shape index (κ2) is 5.09. The Kier molecular flexibility index (Phi) is 3.25. The van der Waals surface area contributed by atoms with E-state index in [0.717, 1.165) is 35.2 Å². The zero-order valence-corrected chi connectivity index (χ0v) is 11.7. The summed E-state index contributed by atoms with van der Waals surface area (Å²) in [7, 11) is 0. The number of rotatable bonds is 3. The minimum absolute atomic E-state index is 0.0767. The van der Waals surface area contributed by atoms with E-state index in [0.29, 0.717) is 5.75 Å². The number of nitro benzene ring substituents is 1. The molecular weight excluding hydrogens is 268 g/mol. The van der Waals surface area contributed by atoms with E-state index in [4.69, 9.17) is 0 Å². The van der Waals surface area contributed by atoms with Gasteiger partial charge in [0.05, 0.1) is 11.0 Å². The Labute approximate surface area is 122 Å². The molecule has 108 valence electrons. The third kappa shape index (κ3) is 2.42. The van der Waals surface area contributed by atoms with Gasteiger partial charge in [-0.15, -0.1) is 0 Å². The van der Waals surface area contributed by atoms with Crippen LogP contribution in [0.3, 0.4) is 0 Å². The first-order valence-electron chi connectivity index (χ1n) is 6.88. The Balaban J connectivity index is 1.91. The monoisotopic (exact) mass is 284 g/mol. The Morgan fingerprint density at radius 1 is 1.33 bits per heavy atom. The summed E-state index contributed by atoms with van der Waals surface area (Å²) in [5.41, 5.74) is 3.86. The molecule has 0 aliphatic heterocycles. The number of aryl methyl sites for hydroxylation is 1. The SMILES string of the molecule is Cc1ccc([N+](=O)[O-])cc1NC1CCc2c(O)cccc21. The minimum Gasteiger partial charge on any atom is -0.508 e. The van der Waals surface area contributed by atoms with Crippen molar-refractivity contribution in [2.45, 2.75) is 25.8 Å². The normalized spacial score (nSPS) is 16.5. The fraction of sp³-hybridized carbons (Fsp3) is 0.250. The lowest BCUT2D eigenvalue weighted by atomic mass is 10.1. The summed E-state index contributed by atoms with van der Waals surface area (Å²) in [5.74, 6) is 0.326. The number of benzene rings is 2. The van der Waals surface area contributed by atoms with E-state index in [1.807, 2.05) is 19.1 Å². The molecule has 2 N–H and O–H groups in total. The maximum absolute atomic E-state index is 10.9. The molecule has 0 aromatic heterocycles. The van der Waals surface area contributed by atoms with Crippen molar-refractivity contribution in [3.63, 3.8) is 0 Å². The molecule has 0 saturated carbocycles. The number of nitrogens with one attached hydrogen (secondary N) is 1. The highest BCUT2D eigenvalue weighted by molar-refractivity contribution is 5.59. The van der Waals surface area contributed by atoms with Gasteiger partial charge in [-0.1, -0.05) is 18.2 Å². The van der Waals surface area contributed by atoms with Crippen molar-refractivity contribution in [2.24, 2.45) is 0 Å². The minimum atomic E-state index is -0.390. The van der Waals surface area contributed by atoms with Crippen LogP contribution in [0.25, 0.3) is 0 Å². The van der Waals surface area contributed by atoms with E-state index < -0.39 is 0 Å². The second-order valence-corrected chi connectivity index (χ2v) is 5.34. The van der Waals surface area contributed by atoms with Crippen LogP contribution in [0.4, 0.5) is 11.4 Å². The van der Waals surface area contributed by atoms with Crippen molar-refractivity contribution in [3.8, 4) is 5.75 Å². The number of fused-ring (bicyclic) bond motifs is 1. The second-order valence-electron chi connectivity index (χ2n) is 5.34. The molecule has 1 aliphatic rings. The van der Waals surface area contributed by atoms with Gasteiger partial charge in [0.15, 0.2) is 0 Å². The van der Waals surface area contributed by atoms with Gasteiger partial charge < -0.3 is 10.4 Å². The number of phenols is 1. The quantitative estimate of drug-likeness (QED) is 0.665. The molecule has 1 aliphatic carbocycles. The van der Waals surface area contributed by atoms with E-state index in [1.165, 1.54) is 6.07 Å². The maximum Gasteiger partial charge on any atom is 0.271 e. The molecular formula is C16H16N2O3. The van der Waals surface area contributed by atoms with Crippen molar-refractivity contribution in [3.05, 3.63) is 63.2 Å². The van der Waals surface area contributed by atoms with Gasteiger partial charge in [-0.25, -0.2) is 0 Å². The molecule has 21 heavy (non-hydrogen) atoms. The van der Waals surface area contributed by atoms with Crippen molar-refractivity contribution < 1.29 is 10.0 Å². The van der Waals surface area contributed by atoms with Gasteiger partial charge in [-0.2, -0.15) is 0 Å². The van der Waals surface area contributed by atoms with Crippen LogP contribution in [0.2, 0.25) is 0 Å². The Morgan fingerprint density at radius 2 is 2.14 bits per heavy atom. The van der Waals surface area contributed by atoms with Crippen molar-refractivity contribution >= 4 is 11.4 Å². The first kappa shape index (κ1) is 13.4. The first-order valence-corrected chi connectivity index (χ1v) is 6.88. The predicted octanol–water partition coefficient (Wildman–Crippen LogP) is 3.71. The lowest BCUT2D eigenvalue weighted by Crippen LogP contribution is -2.08. The molecule has 0 fully saturated rings. The maximum atomic E-state index is 10.9. The number of non-ortho nitro benzene ring substituents is 1. The molecule has 0 bridgehead atoms. The van der Waals surface area contributed by atoms with Crippen LogP contribution >= 0.6 is 0 Å². The molecule has 1 atom stereocenters. The average molecular weight is 284 g/mol. The highest BCUT2D eigenvalue weighted by atomic mass is 16.6. The van der Waals surface area contributed by atoms with E-state index in [2.05, 4.69) is 5.32 Å². The molecule has 2 aromatic rings. The third-order valence-electron chi connectivity index (χ3n) is 4.01. The largest absolute Gasteiger partial charge is 0.508 e. The predicted molar refractivity (Wildman–Crippen MR) is 80.6 cm³/mol. The van der Waals surface area contributed by atoms with Crippen molar-refractivity contribution in [1.29, 1.82) is 0 Å². The molecule has 0 spiro atoms. The fourth-order valence-electron chi connectivity index (χ4n) is 2.85. The van der Waals surface area contributed by atoms with Gasteiger partial charge in [0.25, 0.3) is 5.69 Å². The highest BCUT2D eigenvalue weighted by Crippen LogP contribution is 2.39. The van der Waals surface area contributed by atoms with Gasteiger partial charge in [-0.05, 0) is 42.5 Å². The summed E-state index contributed by atoms with van der Waals surface area (Å²) in [6, 6.07) is 10.4. The van der Waals surface area contributed by atoms with Crippen LogP contribution in [0.15, 0.2) is 36.4 Å². The number of phenolic OH excluding ortho intramolecular Hbond substituents is 1. The lowest BCUT2D eigenvalue weighted by molar-refractivity contribution is -0.384. The highest BCUT2D eigenvalue weighted by Gasteiger charge is 2.25. The number of nitro groups is 1. The Morgan fingerprint density at radius 3 is 2.90 bits per heavy atom. The molecule has 0 amide bonds. The summed E-state index contributed by atoms with van der Waals surface area (Å²) in [6.45, 7) is 1.92. The topological polar surface area (TPSA) is 75.4 Å². The summed E-state index contributed by atoms with van der Waals surface area (Å²) < 4.78 is 0. The van der Waals surface area contributed by atoms with E-state index in [1.54, 1.807) is 18.2 Å².